The van der Waals surface area contributed by atoms with Gasteiger partial charge in [-0.3, -0.25) is 9.59 Å². The van der Waals surface area contributed by atoms with Crippen LogP contribution in [-0.2, 0) is 4.79 Å². The monoisotopic (exact) mass is 512 g/mol. The van der Waals surface area contributed by atoms with Crippen LogP contribution in [0.5, 0.6) is 5.75 Å². The summed E-state index contributed by atoms with van der Waals surface area (Å²) in [5.41, 5.74) is 1.28. The van der Waals surface area contributed by atoms with Gasteiger partial charge in [-0.25, -0.2) is 4.98 Å². The lowest BCUT2D eigenvalue weighted by atomic mass is 10.00. The summed E-state index contributed by atoms with van der Waals surface area (Å²) in [7, 11) is 1.52. The van der Waals surface area contributed by atoms with E-state index in [1.54, 1.807) is 16.8 Å². The molecule has 1 aliphatic rings. The number of ether oxygens (including phenoxy) is 1. The minimum atomic E-state index is -0.308. The van der Waals surface area contributed by atoms with Crippen LogP contribution in [0.3, 0.4) is 0 Å². The molecule has 1 aliphatic heterocycles. The SMILES string of the molecule is CCC(C)n1c(=O)c(OCC(=O)NC)cc2cc(Nc3nc(N4CCC(C)CC4)ncc3Cl)ccc21. The molecule has 1 saturated heterocycles. The maximum Gasteiger partial charge on any atom is 0.293 e. The van der Waals surface area contributed by atoms with Crippen LogP contribution in [-0.4, -0.2) is 47.2 Å². The van der Waals surface area contributed by atoms with Crippen molar-refractivity contribution in [2.45, 2.75) is 46.1 Å². The first-order valence-electron chi connectivity index (χ1n) is 12.4. The molecule has 0 aliphatic carbocycles. The summed E-state index contributed by atoms with van der Waals surface area (Å²) in [5.74, 6) is 1.71. The fraction of sp³-hybridized carbons (Fsp3) is 0.462. The molecule has 36 heavy (non-hydrogen) atoms. The summed E-state index contributed by atoms with van der Waals surface area (Å²) >= 11 is 6.43. The number of nitrogens with one attached hydrogen (secondary N) is 2. The third-order valence-corrected chi connectivity index (χ3v) is 7.01. The van der Waals surface area contributed by atoms with Crippen molar-refractivity contribution in [3.05, 3.63) is 45.8 Å². The topological polar surface area (TPSA) is 101 Å². The molecule has 0 radical (unpaired) electrons. The Hall–Kier alpha value is -3.33. The first kappa shape index (κ1) is 25.8. The second-order valence-electron chi connectivity index (χ2n) is 9.34. The summed E-state index contributed by atoms with van der Waals surface area (Å²) in [6.45, 7) is 7.88. The van der Waals surface area contributed by atoms with Gasteiger partial charge >= 0.3 is 0 Å². The molecule has 10 heteroatoms. The molecule has 1 atom stereocenters. The van der Waals surface area contributed by atoms with E-state index in [0.717, 1.165) is 48.9 Å². The van der Waals surface area contributed by atoms with Crippen molar-refractivity contribution < 1.29 is 9.53 Å². The zero-order valence-electron chi connectivity index (χ0n) is 21.2. The van der Waals surface area contributed by atoms with Gasteiger partial charge in [0.15, 0.2) is 18.2 Å². The highest BCUT2D eigenvalue weighted by atomic mass is 35.5. The second-order valence-corrected chi connectivity index (χ2v) is 9.74. The van der Waals surface area contributed by atoms with Gasteiger partial charge in [-0.05, 0) is 56.4 Å². The highest BCUT2D eigenvalue weighted by Crippen LogP contribution is 2.30. The minimum absolute atomic E-state index is 0.0477. The molecule has 0 saturated carbocycles. The van der Waals surface area contributed by atoms with Crippen molar-refractivity contribution in [2.24, 2.45) is 5.92 Å². The standard InChI is InChI=1S/C26H33ClN6O3/c1-5-17(3)33-21-7-6-19(12-18(21)13-22(25(33)35)36-15-23(34)28-4)30-24-20(27)14-29-26(31-24)32-10-8-16(2)9-11-32/h6-7,12-14,16-17H,5,8-11,15H2,1-4H3,(H,28,34)(H,29,30,31). The number of halogens is 1. The Bertz CT molecular complexity index is 1300. The van der Waals surface area contributed by atoms with Gasteiger partial charge in [0, 0.05) is 37.3 Å². The lowest BCUT2D eigenvalue weighted by Gasteiger charge is -2.30. The predicted octanol–water partition coefficient (Wildman–Crippen LogP) is 4.52. The Balaban J connectivity index is 1.68. The van der Waals surface area contributed by atoms with Crippen molar-refractivity contribution in [1.29, 1.82) is 0 Å². The molecule has 1 amide bonds. The number of aromatic nitrogens is 3. The van der Waals surface area contributed by atoms with Crippen LogP contribution in [0, 0.1) is 5.92 Å². The average molecular weight is 513 g/mol. The summed E-state index contributed by atoms with van der Waals surface area (Å²) < 4.78 is 7.30. The Morgan fingerprint density at radius 2 is 2.03 bits per heavy atom. The fourth-order valence-corrected chi connectivity index (χ4v) is 4.42. The maximum atomic E-state index is 13.2. The summed E-state index contributed by atoms with van der Waals surface area (Å²) in [6, 6.07) is 7.34. The van der Waals surface area contributed by atoms with E-state index >= 15 is 0 Å². The number of hydrogen-bond donors (Lipinski definition) is 2. The van der Waals surface area contributed by atoms with Crippen molar-refractivity contribution >= 4 is 45.9 Å². The fourth-order valence-electron chi connectivity index (χ4n) is 4.28. The smallest absolute Gasteiger partial charge is 0.293 e. The van der Waals surface area contributed by atoms with Crippen molar-refractivity contribution in [3.63, 3.8) is 0 Å². The highest BCUT2D eigenvalue weighted by Gasteiger charge is 2.20. The number of benzene rings is 1. The van der Waals surface area contributed by atoms with E-state index in [4.69, 9.17) is 21.3 Å². The lowest BCUT2D eigenvalue weighted by Crippen LogP contribution is -2.34. The zero-order valence-corrected chi connectivity index (χ0v) is 21.9. The van der Waals surface area contributed by atoms with E-state index in [-0.39, 0.29) is 29.9 Å². The molecule has 3 aromatic rings. The normalized spacial score (nSPS) is 15.1. The summed E-state index contributed by atoms with van der Waals surface area (Å²) in [4.78, 5) is 36.2. The Morgan fingerprint density at radius 1 is 1.28 bits per heavy atom. The highest BCUT2D eigenvalue weighted by molar-refractivity contribution is 6.32. The molecule has 1 aromatic carbocycles. The zero-order chi connectivity index (χ0) is 25.8. The summed E-state index contributed by atoms with van der Waals surface area (Å²) in [5, 5.41) is 7.02. The van der Waals surface area contributed by atoms with E-state index < -0.39 is 0 Å². The molecule has 1 unspecified atom stereocenters. The van der Waals surface area contributed by atoms with Crippen molar-refractivity contribution in [2.75, 3.05) is 37.0 Å². The van der Waals surface area contributed by atoms with Gasteiger partial charge in [0.05, 0.1) is 11.7 Å². The van der Waals surface area contributed by atoms with Gasteiger partial charge in [-0.15, -0.1) is 0 Å². The molecule has 2 N–H and O–H groups in total. The molecule has 2 aromatic heterocycles. The number of pyridine rings is 1. The van der Waals surface area contributed by atoms with Crippen LogP contribution in [0.15, 0.2) is 35.3 Å². The molecule has 0 bridgehead atoms. The van der Waals surface area contributed by atoms with Gasteiger partial charge in [-0.1, -0.05) is 25.4 Å². The van der Waals surface area contributed by atoms with Gasteiger partial charge < -0.3 is 24.8 Å². The van der Waals surface area contributed by atoms with Gasteiger partial charge in [0.25, 0.3) is 11.5 Å². The number of piperidine rings is 1. The van der Waals surface area contributed by atoms with E-state index in [0.29, 0.717) is 22.7 Å². The number of likely N-dealkylation sites (N-methyl/N-ethyl adjacent to an activating group) is 1. The van der Waals surface area contributed by atoms with Gasteiger partial charge in [-0.2, -0.15) is 4.98 Å². The Labute approximate surface area is 215 Å². The third kappa shape index (κ3) is 5.56. The van der Waals surface area contributed by atoms with Crippen LogP contribution in [0.1, 0.15) is 46.1 Å². The molecule has 0 spiro atoms. The number of anilines is 3. The van der Waals surface area contributed by atoms with E-state index in [9.17, 15) is 9.59 Å². The van der Waals surface area contributed by atoms with Crippen LogP contribution in [0.2, 0.25) is 5.02 Å². The largest absolute Gasteiger partial charge is 0.478 e. The number of fused-ring (bicyclic) bond motifs is 1. The third-order valence-electron chi connectivity index (χ3n) is 6.73. The molecule has 1 fully saturated rings. The van der Waals surface area contributed by atoms with E-state index in [1.165, 1.54) is 7.05 Å². The predicted molar refractivity (Wildman–Crippen MR) is 144 cm³/mol. The van der Waals surface area contributed by atoms with Crippen LogP contribution < -0.4 is 25.8 Å². The Morgan fingerprint density at radius 3 is 2.72 bits per heavy atom. The number of nitrogens with zero attached hydrogens (tertiary/aromatic N) is 4. The first-order valence-corrected chi connectivity index (χ1v) is 12.8. The van der Waals surface area contributed by atoms with Crippen LogP contribution >= 0.6 is 11.6 Å². The molecular formula is C26H33ClN6O3. The second kappa shape index (κ2) is 11.2. The first-order chi connectivity index (χ1) is 17.3. The molecule has 4 rings (SSSR count). The van der Waals surface area contributed by atoms with Crippen molar-refractivity contribution in [1.82, 2.24) is 19.9 Å². The Kier molecular flexibility index (Phi) is 7.98. The quantitative estimate of drug-likeness (QED) is 0.457. The number of carbonyl (C=O) groups is 1. The maximum absolute atomic E-state index is 13.2. The molecular weight excluding hydrogens is 480 g/mol. The van der Waals surface area contributed by atoms with Gasteiger partial charge in [0.1, 0.15) is 5.02 Å². The van der Waals surface area contributed by atoms with Crippen molar-refractivity contribution in [3.8, 4) is 5.75 Å². The molecule has 192 valence electrons. The van der Waals surface area contributed by atoms with Crippen LogP contribution in [0.25, 0.3) is 10.9 Å². The summed E-state index contributed by atoms with van der Waals surface area (Å²) in [6.07, 6.45) is 4.61. The lowest BCUT2D eigenvalue weighted by molar-refractivity contribution is -0.122. The molecule has 9 nitrogen and oxygen atoms in total. The van der Waals surface area contributed by atoms with E-state index in [1.807, 2.05) is 32.0 Å². The molecule has 3 heterocycles. The van der Waals surface area contributed by atoms with Crippen LogP contribution in [0.4, 0.5) is 17.5 Å². The van der Waals surface area contributed by atoms with E-state index in [2.05, 4.69) is 27.4 Å². The minimum Gasteiger partial charge on any atom is -0.478 e. The number of carbonyl (C=O) groups excluding carboxylic acids is 1. The number of amides is 1. The average Bonchev–Trinajstić information content (AvgIpc) is 2.88. The number of hydrogen-bond acceptors (Lipinski definition) is 7. The van der Waals surface area contributed by atoms with Gasteiger partial charge in [0.2, 0.25) is 5.95 Å². The number of rotatable bonds is 8.